The largest absolute Gasteiger partial charge is 0.481 e. The Bertz CT molecular complexity index is 2430. The number of carboxylic acids is 6. The minimum absolute atomic E-state index is 0.132. The number of aliphatic carboxylic acids is 6. The van der Waals surface area contributed by atoms with Crippen LogP contribution in [0, 0.1) is 5.41 Å². The Morgan fingerprint density at radius 2 is 0.699 bits per heavy atom. The fourth-order valence-corrected chi connectivity index (χ4v) is 9.75. The second-order valence-electron chi connectivity index (χ2n) is 22.3. The maximum absolute atomic E-state index is 14.4. The molecule has 15 atom stereocenters. The van der Waals surface area contributed by atoms with Crippen molar-refractivity contribution in [1.29, 1.82) is 0 Å². The van der Waals surface area contributed by atoms with Crippen LogP contribution in [-0.4, -0.2) is 376 Å². The summed E-state index contributed by atoms with van der Waals surface area (Å²) in [5.74, 6) is -14.3. The summed E-state index contributed by atoms with van der Waals surface area (Å²) in [4.78, 5) is 134. The minimum atomic E-state index is -2.67. The number of hydrogen-bond acceptors (Lipinski definition) is 29. The lowest BCUT2D eigenvalue weighted by Crippen LogP contribution is -2.61. The number of carbonyl (C=O) groups is 10. The summed E-state index contributed by atoms with van der Waals surface area (Å²) in [6.45, 7) is -9.57. The van der Waals surface area contributed by atoms with Gasteiger partial charge in [-0.2, -0.15) is 0 Å². The van der Waals surface area contributed by atoms with Gasteiger partial charge in [0.25, 0.3) is 23.6 Å². The molecule has 0 radical (unpaired) electrons. The molecule has 1 aromatic carbocycles. The van der Waals surface area contributed by atoms with Crippen LogP contribution in [0.25, 0.3) is 0 Å². The van der Waals surface area contributed by atoms with Gasteiger partial charge in [0.2, 0.25) is 0 Å². The smallest absolute Gasteiger partial charge is 0.320 e. The van der Waals surface area contributed by atoms with Crippen molar-refractivity contribution in [2.45, 2.75) is 136 Å². The average molecular weight is 1350 g/mol. The molecule has 25 N–H and O–H groups in total. The van der Waals surface area contributed by atoms with Crippen molar-refractivity contribution in [1.82, 2.24) is 40.9 Å². The van der Waals surface area contributed by atoms with E-state index >= 15 is 0 Å². The first-order valence-electron chi connectivity index (χ1n) is 29.0. The number of benzene rings is 1. The summed E-state index contributed by atoms with van der Waals surface area (Å²) in [7, 11) is 0. The van der Waals surface area contributed by atoms with Crippen LogP contribution in [0.3, 0.4) is 0 Å². The first-order valence-corrected chi connectivity index (χ1v) is 29.0. The minimum Gasteiger partial charge on any atom is -0.481 e. The lowest BCUT2D eigenvalue weighted by molar-refractivity contribution is -0.150. The first-order chi connectivity index (χ1) is 43.6. The van der Waals surface area contributed by atoms with E-state index in [0.29, 0.717) is 0 Å². The van der Waals surface area contributed by atoms with Crippen LogP contribution < -0.4 is 21.3 Å². The summed E-state index contributed by atoms with van der Waals surface area (Å²) in [6.07, 6.45) is -32.4. The van der Waals surface area contributed by atoms with Gasteiger partial charge in [-0.15, -0.1) is 0 Å². The molecule has 14 unspecified atom stereocenters. The van der Waals surface area contributed by atoms with Gasteiger partial charge in [-0.1, -0.05) is 12.1 Å². The molecule has 93 heavy (non-hydrogen) atoms. The normalized spacial score (nSPS) is 19.8. The number of aliphatic hydroxyl groups excluding tert-OH is 15. The standard InChI is InChI=1S/C54H88N8O31/c63-20-32(66)38(75)41(78)44(81)48(85)56-24-54(25-57-49(86)45(82)42(79)39(76)33(67)21-64,26-58-50(87)46(83)43(80)40(77)34(68)22-65)23-55-47(84)28-3-1-2-27(18-28)19-59-10-12-60(29(51(88)89)4-7-35(69)70)14-16-62(31(53(92)93)6-9-37(73)74)17-15-61(13-11-59)30(52(90)91)5-8-36(71)72/h1-3,18,29-34,38-46,63-68,75-83H,4-17,19-26H2,(H,55,84)(H,56,85)(H,57,86)(H,58,87)(H,69,70)(H,71,72)(H,73,74)(H,88,89)(H,90,91)(H,92,93)/t29-,30?,31?,32?,33?,34?,38?,39?,40?,41?,42?,43?,44?,45?,46?,54?/m1/s1. The van der Waals surface area contributed by atoms with Crippen LogP contribution in [0.5, 0.6) is 0 Å². The number of nitrogens with one attached hydrogen (secondary N) is 4. The van der Waals surface area contributed by atoms with E-state index in [-0.39, 0.29) is 70.0 Å². The van der Waals surface area contributed by atoms with Gasteiger partial charge in [0.05, 0.1) is 19.8 Å². The molecular weight excluding hydrogens is 1260 g/mol. The predicted octanol–water partition coefficient (Wildman–Crippen LogP) is -12.3. The van der Waals surface area contributed by atoms with Crippen LogP contribution in [-0.2, 0) is 49.7 Å². The van der Waals surface area contributed by atoms with E-state index < -0.39 is 241 Å². The van der Waals surface area contributed by atoms with Crippen molar-refractivity contribution in [3.63, 3.8) is 0 Å². The third-order valence-corrected chi connectivity index (χ3v) is 15.5. The van der Waals surface area contributed by atoms with Crippen LogP contribution in [0.2, 0.25) is 0 Å². The Morgan fingerprint density at radius 3 is 0.978 bits per heavy atom. The molecule has 0 spiro atoms. The third kappa shape index (κ3) is 26.8. The second kappa shape index (κ2) is 40.4. The van der Waals surface area contributed by atoms with E-state index in [1.165, 1.54) is 39.0 Å². The van der Waals surface area contributed by atoms with Crippen LogP contribution in [0.4, 0.5) is 0 Å². The van der Waals surface area contributed by atoms with Crippen molar-refractivity contribution < 1.29 is 155 Å². The molecule has 1 aliphatic heterocycles. The summed E-state index contributed by atoms with van der Waals surface area (Å²) in [5, 5.41) is 220. The topological polar surface area (TPSA) is 657 Å². The molecule has 1 heterocycles. The molecule has 0 aliphatic carbocycles. The average Bonchev–Trinajstić information content (AvgIpc) is 0.904. The van der Waals surface area contributed by atoms with Crippen molar-refractivity contribution in [3.05, 3.63) is 35.4 Å². The highest BCUT2D eigenvalue weighted by atomic mass is 16.4. The van der Waals surface area contributed by atoms with Crippen molar-refractivity contribution >= 4 is 59.4 Å². The van der Waals surface area contributed by atoms with Gasteiger partial charge in [-0.3, -0.25) is 67.5 Å². The Morgan fingerprint density at radius 1 is 0.409 bits per heavy atom. The van der Waals surface area contributed by atoms with Gasteiger partial charge in [-0.25, -0.2) is 0 Å². The first kappa shape index (κ1) is 82.3. The van der Waals surface area contributed by atoms with Crippen molar-refractivity contribution in [2.75, 3.05) is 98.4 Å². The quantitative estimate of drug-likeness (QED) is 0.0289. The van der Waals surface area contributed by atoms with Gasteiger partial charge >= 0.3 is 35.8 Å². The number of aliphatic hydroxyl groups is 15. The molecule has 1 saturated heterocycles. The van der Waals surface area contributed by atoms with E-state index in [4.69, 9.17) is 0 Å². The Balaban J connectivity index is 2.83. The van der Waals surface area contributed by atoms with E-state index in [1.54, 1.807) is 4.90 Å². The number of nitrogens with zero attached hydrogens (tertiary/aromatic N) is 4. The summed E-state index contributed by atoms with van der Waals surface area (Å²) < 4.78 is 0. The number of carboxylic acid groups (broad SMARTS) is 6. The fourth-order valence-electron chi connectivity index (χ4n) is 9.75. The summed E-state index contributed by atoms with van der Waals surface area (Å²) in [6, 6.07) is 0.876. The van der Waals surface area contributed by atoms with Crippen LogP contribution in [0.1, 0.15) is 54.4 Å². The van der Waals surface area contributed by atoms with Crippen molar-refractivity contribution in [2.24, 2.45) is 5.41 Å². The predicted molar refractivity (Wildman–Crippen MR) is 308 cm³/mol. The SMILES string of the molecule is O=C(O)CCC(C(=O)O)N1CCN(Cc2cccc(C(=O)NCC(CNC(=O)C(O)C(O)C(O)C(O)CO)(CNC(=O)C(O)C(O)C(O)C(O)CO)CNC(=O)C(O)C(O)C(O)C(O)CO)c2)CCN([C@H](CCC(=O)O)C(=O)O)CCN(C(CCC(=O)O)C(=O)O)CC1. The molecule has 39 heteroatoms. The Hall–Kier alpha value is -6.84. The molecule has 39 nitrogen and oxygen atoms in total. The monoisotopic (exact) mass is 1340 g/mol. The summed E-state index contributed by atoms with van der Waals surface area (Å²) in [5.41, 5.74) is -2.16. The maximum atomic E-state index is 14.4. The van der Waals surface area contributed by atoms with Gasteiger partial charge in [0.15, 0.2) is 18.3 Å². The van der Waals surface area contributed by atoms with Gasteiger partial charge in [0.1, 0.15) is 73.1 Å². The van der Waals surface area contributed by atoms with Gasteiger partial charge in [0, 0.05) is 115 Å². The van der Waals surface area contributed by atoms with E-state index in [9.17, 15) is 155 Å². The molecule has 2 rings (SSSR count). The second-order valence-corrected chi connectivity index (χ2v) is 22.3. The number of amides is 4. The van der Waals surface area contributed by atoms with E-state index in [1.807, 2.05) is 0 Å². The van der Waals surface area contributed by atoms with Gasteiger partial charge < -0.3 is 129 Å². The zero-order valence-electron chi connectivity index (χ0n) is 50.3. The summed E-state index contributed by atoms with van der Waals surface area (Å²) >= 11 is 0. The van der Waals surface area contributed by atoms with Crippen LogP contribution in [0.15, 0.2) is 24.3 Å². The highest BCUT2D eigenvalue weighted by Gasteiger charge is 2.42. The molecular formula is C54H88N8O31. The lowest BCUT2D eigenvalue weighted by Gasteiger charge is -2.38. The molecule has 0 saturated carbocycles. The molecule has 0 aromatic heterocycles. The van der Waals surface area contributed by atoms with E-state index in [0.717, 1.165) is 0 Å². The highest BCUT2D eigenvalue weighted by molar-refractivity contribution is 5.94. The van der Waals surface area contributed by atoms with Crippen LogP contribution >= 0.6 is 0 Å². The molecule has 4 amide bonds. The molecule has 1 fully saturated rings. The number of rotatable bonds is 41. The molecule has 0 bridgehead atoms. The highest BCUT2D eigenvalue weighted by Crippen LogP contribution is 2.21. The van der Waals surface area contributed by atoms with E-state index in [2.05, 4.69) is 21.3 Å². The lowest BCUT2D eigenvalue weighted by atomic mass is 9.86. The molecule has 530 valence electrons. The Labute approximate surface area is 529 Å². The molecule has 1 aromatic rings. The molecule has 1 aliphatic rings. The van der Waals surface area contributed by atoms with Gasteiger partial charge in [-0.05, 0) is 37.0 Å². The van der Waals surface area contributed by atoms with Crippen molar-refractivity contribution in [3.8, 4) is 0 Å². The zero-order valence-corrected chi connectivity index (χ0v) is 50.3. The third-order valence-electron chi connectivity index (χ3n) is 15.5. The Kier molecular flexibility index (Phi) is 35.7. The zero-order chi connectivity index (χ0) is 70.6. The maximum Gasteiger partial charge on any atom is 0.320 e. The number of carbonyl (C=O) groups excluding carboxylic acids is 4. The number of hydrogen-bond donors (Lipinski definition) is 25. The fraction of sp³-hybridized carbons (Fsp3) is 0.704.